The van der Waals surface area contributed by atoms with Crippen molar-refractivity contribution in [3.63, 3.8) is 0 Å². The van der Waals surface area contributed by atoms with Gasteiger partial charge in [-0.25, -0.2) is 4.98 Å². The van der Waals surface area contributed by atoms with Crippen molar-refractivity contribution in [3.05, 3.63) is 47.9 Å². The highest BCUT2D eigenvalue weighted by atomic mass is 127. The largest absolute Gasteiger partial charge is 0.338 e. The van der Waals surface area contributed by atoms with E-state index in [0.717, 1.165) is 10.2 Å². The molecule has 2 aromatic rings. The van der Waals surface area contributed by atoms with Crippen LogP contribution in [0.15, 0.2) is 33.8 Å². The molecule has 0 saturated heterocycles. The van der Waals surface area contributed by atoms with E-state index >= 15 is 0 Å². The number of anilines is 2. The van der Waals surface area contributed by atoms with Gasteiger partial charge in [-0.2, -0.15) is 0 Å². The van der Waals surface area contributed by atoms with Crippen LogP contribution in [-0.4, -0.2) is 9.97 Å². The summed E-state index contributed by atoms with van der Waals surface area (Å²) in [7, 11) is 0. The minimum absolute atomic E-state index is 0.179. The molecule has 7 heteroatoms. The number of benzene rings is 1. The van der Waals surface area contributed by atoms with Gasteiger partial charge < -0.3 is 10.3 Å². The second kappa shape index (κ2) is 5.36. The Morgan fingerprint density at radius 3 is 3.00 bits per heavy atom. The SMILES string of the molecule is O=c1[nH]cnc(Nc2cccc(Cl)c2Br)c1I. The monoisotopic (exact) mass is 425 g/mol. The number of H-pyrrole nitrogens is 1. The lowest BCUT2D eigenvalue weighted by molar-refractivity contribution is 1.10. The van der Waals surface area contributed by atoms with E-state index in [1.165, 1.54) is 6.33 Å². The van der Waals surface area contributed by atoms with Crippen LogP contribution in [0.1, 0.15) is 0 Å². The Morgan fingerprint density at radius 1 is 1.47 bits per heavy atom. The predicted octanol–water partition coefficient (Wildman–Crippen LogP) is 3.53. The molecule has 0 amide bonds. The van der Waals surface area contributed by atoms with Gasteiger partial charge in [-0.3, -0.25) is 4.79 Å². The number of rotatable bonds is 2. The summed E-state index contributed by atoms with van der Waals surface area (Å²) in [4.78, 5) is 18.0. The van der Waals surface area contributed by atoms with E-state index in [2.05, 4.69) is 31.2 Å². The van der Waals surface area contributed by atoms with Crippen molar-refractivity contribution in [2.45, 2.75) is 0 Å². The highest BCUT2D eigenvalue weighted by molar-refractivity contribution is 14.1. The summed E-state index contributed by atoms with van der Waals surface area (Å²) in [6.45, 7) is 0. The molecule has 2 rings (SSSR count). The molecule has 1 aromatic heterocycles. The van der Waals surface area contributed by atoms with Crippen molar-refractivity contribution in [1.82, 2.24) is 9.97 Å². The first-order chi connectivity index (χ1) is 8.09. The Balaban J connectivity index is 2.42. The lowest BCUT2D eigenvalue weighted by Gasteiger charge is -2.09. The van der Waals surface area contributed by atoms with E-state index < -0.39 is 0 Å². The number of hydrogen-bond donors (Lipinski definition) is 2. The van der Waals surface area contributed by atoms with Crippen molar-refractivity contribution in [1.29, 1.82) is 0 Å². The maximum atomic E-state index is 11.4. The second-order valence-corrected chi connectivity index (χ2v) is 5.40. The molecule has 2 N–H and O–H groups in total. The van der Waals surface area contributed by atoms with Crippen molar-refractivity contribution in [2.24, 2.45) is 0 Å². The van der Waals surface area contributed by atoms with Gasteiger partial charge in [0, 0.05) is 0 Å². The van der Waals surface area contributed by atoms with Crippen LogP contribution in [0.4, 0.5) is 11.5 Å². The number of aromatic amines is 1. The molecule has 0 atom stereocenters. The fraction of sp³-hybridized carbons (Fsp3) is 0. The van der Waals surface area contributed by atoms with E-state index in [1.807, 2.05) is 34.7 Å². The van der Waals surface area contributed by atoms with Gasteiger partial charge >= 0.3 is 0 Å². The van der Waals surface area contributed by atoms with Crippen LogP contribution in [0.2, 0.25) is 5.02 Å². The third kappa shape index (κ3) is 2.80. The standard InChI is InChI=1S/C10H6BrClIN3O/c11-7-5(12)2-1-3-6(7)16-9-8(13)10(17)15-4-14-9/h1-4H,(H2,14,15,16,17). The minimum atomic E-state index is -0.179. The van der Waals surface area contributed by atoms with Crippen molar-refractivity contribution in [2.75, 3.05) is 5.32 Å². The third-order valence-corrected chi connectivity index (χ3v) is 4.40. The molecule has 4 nitrogen and oxygen atoms in total. The molecule has 1 aromatic carbocycles. The zero-order chi connectivity index (χ0) is 12.4. The molecule has 0 bridgehead atoms. The third-order valence-electron chi connectivity index (χ3n) is 2.00. The van der Waals surface area contributed by atoms with Gasteiger partial charge in [0.25, 0.3) is 5.56 Å². The Kier molecular flexibility index (Phi) is 4.05. The van der Waals surface area contributed by atoms with Crippen LogP contribution >= 0.6 is 50.1 Å². The summed E-state index contributed by atoms with van der Waals surface area (Å²) in [6, 6.07) is 5.43. The molecule has 0 aliphatic carbocycles. The number of nitrogens with one attached hydrogen (secondary N) is 2. The lowest BCUT2D eigenvalue weighted by Crippen LogP contribution is -2.13. The van der Waals surface area contributed by atoms with Crippen LogP contribution in [0.3, 0.4) is 0 Å². The average molecular weight is 426 g/mol. The van der Waals surface area contributed by atoms with Gasteiger partial charge in [-0.15, -0.1) is 0 Å². The molecule has 0 saturated carbocycles. The van der Waals surface area contributed by atoms with E-state index in [9.17, 15) is 4.79 Å². The molecular weight excluding hydrogens is 420 g/mol. The van der Waals surface area contributed by atoms with Crippen molar-refractivity contribution < 1.29 is 0 Å². The fourth-order valence-electron chi connectivity index (χ4n) is 1.20. The molecule has 1 heterocycles. The lowest BCUT2D eigenvalue weighted by atomic mass is 10.3. The van der Waals surface area contributed by atoms with Crippen LogP contribution < -0.4 is 10.9 Å². The normalized spacial score (nSPS) is 10.3. The van der Waals surface area contributed by atoms with Gasteiger partial charge in [0.15, 0.2) is 5.82 Å². The van der Waals surface area contributed by atoms with Crippen molar-refractivity contribution >= 4 is 61.6 Å². The van der Waals surface area contributed by atoms with Crippen LogP contribution in [0, 0.1) is 3.57 Å². The Hall–Kier alpha value is -0.600. The Bertz CT molecular complexity index is 617. The molecule has 0 fully saturated rings. The first kappa shape index (κ1) is 12.8. The summed E-state index contributed by atoms with van der Waals surface area (Å²) < 4.78 is 1.23. The molecule has 17 heavy (non-hydrogen) atoms. The molecule has 0 radical (unpaired) electrons. The topological polar surface area (TPSA) is 57.8 Å². The highest BCUT2D eigenvalue weighted by Gasteiger charge is 2.08. The zero-order valence-electron chi connectivity index (χ0n) is 8.30. The van der Waals surface area contributed by atoms with Crippen LogP contribution in [-0.2, 0) is 0 Å². The highest BCUT2D eigenvalue weighted by Crippen LogP contribution is 2.32. The van der Waals surface area contributed by atoms with Gasteiger partial charge in [-0.1, -0.05) is 17.7 Å². The summed E-state index contributed by atoms with van der Waals surface area (Å²) >= 11 is 11.3. The quantitative estimate of drug-likeness (QED) is 0.723. The summed E-state index contributed by atoms with van der Waals surface area (Å²) in [5, 5.41) is 3.64. The maximum Gasteiger partial charge on any atom is 0.266 e. The van der Waals surface area contributed by atoms with Gasteiger partial charge in [0.1, 0.15) is 3.57 Å². The number of nitrogens with zero attached hydrogens (tertiary/aromatic N) is 1. The first-order valence-electron chi connectivity index (χ1n) is 4.54. The minimum Gasteiger partial charge on any atom is -0.338 e. The smallest absolute Gasteiger partial charge is 0.266 e. The summed E-state index contributed by atoms with van der Waals surface area (Å²) in [6.07, 6.45) is 1.35. The summed E-state index contributed by atoms with van der Waals surface area (Å²) in [5.41, 5.74) is 0.578. The number of hydrogen-bond acceptors (Lipinski definition) is 3. The molecule has 0 aliphatic heterocycles. The van der Waals surface area contributed by atoms with E-state index in [1.54, 1.807) is 6.07 Å². The van der Waals surface area contributed by atoms with Gasteiger partial charge in [0.2, 0.25) is 0 Å². The van der Waals surface area contributed by atoms with E-state index in [-0.39, 0.29) is 5.56 Å². The van der Waals surface area contributed by atoms with Crippen molar-refractivity contribution in [3.8, 4) is 0 Å². The molecule has 0 unspecified atom stereocenters. The van der Waals surface area contributed by atoms with Crippen LogP contribution in [0.5, 0.6) is 0 Å². The average Bonchev–Trinajstić information content (AvgIpc) is 2.31. The summed E-state index contributed by atoms with van der Waals surface area (Å²) in [5.74, 6) is 0.498. The fourth-order valence-corrected chi connectivity index (χ4v) is 2.17. The first-order valence-corrected chi connectivity index (χ1v) is 6.79. The molecule has 0 spiro atoms. The second-order valence-electron chi connectivity index (χ2n) is 3.12. The molecule has 0 aliphatic rings. The zero-order valence-corrected chi connectivity index (χ0v) is 12.8. The number of halogens is 3. The molecular formula is C10H6BrClIN3O. The predicted molar refractivity (Wildman–Crippen MR) is 80.0 cm³/mol. The van der Waals surface area contributed by atoms with Crippen LogP contribution in [0.25, 0.3) is 0 Å². The molecule has 88 valence electrons. The maximum absolute atomic E-state index is 11.4. The van der Waals surface area contributed by atoms with E-state index in [4.69, 9.17) is 11.6 Å². The van der Waals surface area contributed by atoms with Gasteiger partial charge in [-0.05, 0) is 50.7 Å². The number of aromatic nitrogens is 2. The Labute approximate surface area is 124 Å². The Morgan fingerprint density at radius 2 is 2.24 bits per heavy atom. The van der Waals surface area contributed by atoms with E-state index in [0.29, 0.717) is 14.4 Å². The van der Waals surface area contributed by atoms with Gasteiger partial charge in [0.05, 0.1) is 21.5 Å².